The van der Waals surface area contributed by atoms with Gasteiger partial charge in [-0.1, -0.05) is 6.57 Å². The van der Waals surface area contributed by atoms with Gasteiger partial charge in [0, 0.05) is 122 Å². The SMILES string of the molecule is CN(C)CC(=O)O.Cc1ncc(COc2cc(F)cc(Oc3ccc(-n4cc(C5CCOCC5)c5ncnc(N)c54)cc3)c2)cn1.[C-]#[N+]c1c(N)c(C2CCOCC2)cn1-c1ccc(Oc2cc(F)cc(OCc3cnc(C)nc3)c2)cc1. The van der Waals surface area contributed by atoms with Crippen LogP contribution in [0.25, 0.3) is 27.3 Å². The molecule has 2 aliphatic rings. The maximum absolute atomic E-state index is 14.3. The third-order valence-electron chi connectivity index (χ3n) is 13.4. The van der Waals surface area contributed by atoms with Crippen molar-refractivity contribution in [2.75, 3.05) is 58.5 Å². The molecule has 0 bridgehead atoms. The molecule has 0 saturated carbocycles. The Morgan fingerprint density at radius 1 is 0.651 bits per heavy atom. The molecule has 83 heavy (non-hydrogen) atoms. The predicted molar refractivity (Wildman–Crippen MR) is 307 cm³/mol. The number of carboxylic acid groups (broad SMARTS) is 1. The molecule has 7 heterocycles. The zero-order chi connectivity index (χ0) is 58.4. The summed E-state index contributed by atoms with van der Waals surface area (Å²) < 4.78 is 66.7. The van der Waals surface area contributed by atoms with E-state index in [9.17, 15) is 13.6 Å². The number of anilines is 2. The Labute approximate surface area is 478 Å². The Balaban J connectivity index is 0.000000179. The molecule has 0 unspecified atom stereocenters. The van der Waals surface area contributed by atoms with E-state index in [0.29, 0.717) is 82.6 Å². The van der Waals surface area contributed by atoms with Crippen molar-refractivity contribution in [3.63, 3.8) is 0 Å². The summed E-state index contributed by atoms with van der Waals surface area (Å²) >= 11 is 0. The average molecular weight is 1130 g/mol. The van der Waals surface area contributed by atoms with Crippen molar-refractivity contribution in [2.24, 2.45) is 0 Å². The molecule has 0 amide bonds. The highest BCUT2D eigenvalue weighted by atomic mass is 19.1. The lowest BCUT2D eigenvalue weighted by Crippen LogP contribution is -2.20. The van der Waals surface area contributed by atoms with Gasteiger partial charge in [-0.25, -0.2) is 38.7 Å². The number of likely N-dealkylation sites (N-methyl/N-ethyl adjacent to an activating group) is 1. The Morgan fingerprint density at radius 2 is 1.10 bits per heavy atom. The molecule has 5 N–H and O–H groups in total. The molecule has 9 aromatic rings. The highest BCUT2D eigenvalue weighted by molar-refractivity contribution is 5.90. The first-order valence-corrected chi connectivity index (χ1v) is 26.7. The van der Waals surface area contributed by atoms with Crippen molar-refractivity contribution in [1.82, 2.24) is 43.9 Å². The van der Waals surface area contributed by atoms with E-state index in [0.717, 1.165) is 83.6 Å². The van der Waals surface area contributed by atoms with E-state index in [1.165, 1.54) is 30.6 Å². The van der Waals surface area contributed by atoms with Crippen LogP contribution in [-0.2, 0) is 27.5 Å². The number of hydrogen-bond acceptors (Lipinski definition) is 16. The quantitative estimate of drug-likeness (QED) is 0.0762. The third-order valence-corrected chi connectivity index (χ3v) is 13.4. The Hall–Kier alpha value is -9.56. The molecule has 20 nitrogen and oxygen atoms in total. The number of carbonyl (C=O) groups is 1. The van der Waals surface area contributed by atoms with Crippen LogP contribution < -0.4 is 30.4 Å². The summed E-state index contributed by atoms with van der Waals surface area (Å²) in [6.45, 7) is 14.7. The summed E-state index contributed by atoms with van der Waals surface area (Å²) in [7, 11) is 3.43. The minimum atomic E-state index is -0.787. The molecular formula is C61H62F2N12O8. The third kappa shape index (κ3) is 15.5. The summed E-state index contributed by atoms with van der Waals surface area (Å²) in [6.07, 6.45) is 15.9. The summed E-state index contributed by atoms with van der Waals surface area (Å²) in [6, 6.07) is 23.2. The van der Waals surface area contributed by atoms with Crippen LogP contribution in [0.4, 0.5) is 26.1 Å². The molecule has 2 aliphatic heterocycles. The van der Waals surface area contributed by atoms with Crippen LogP contribution in [-0.4, -0.2) is 102 Å². The van der Waals surface area contributed by atoms with Gasteiger partial charge in [0.05, 0.1) is 23.9 Å². The second-order valence-electron chi connectivity index (χ2n) is 19.9. The number of aliphatic carboxylic acids is 1. The molecule has 22 heteroatoms. The van der Waals surface area contributed by atoms with Crippen molar-refractivity contribution < 1.29 is 47.1 Å². The Morgan fingerprint density at radius 3 is 1.54 bits per heavy atom. The van der Waals surface area contributed by atoms with Crippen LogP contribution in [0, 0.1) is 32.1 Å². The minimum absolute atomic E-state index is 0.111. The lowest BCUT2D eigenvalue weighted by molar-refractivity contribution is -0.137. The summed E-state index contributed by atoms with van der Waals surface area (Å²) in [5.41, 5.74) is 20.2. The van der Waals surface area contributed by atoms with Gasteiger partial charge in [-0.3, -0.25) is 14.3 Å². The zero-order valence-electron chi connectivity index (χ0n) is 46.2. The topological polar surface area (TPSA) is 240 Å². The average Bonchev–Trinajstić information content (AvgIpc) is 3.02. The number of ether oxygens (including phenoxy) is 6. The first-order valence-electron chi connectivity index (χ1n) is 26.7. The van der Waals surface area contributed by atoms with E-state index in [1.54, 1.807) is 79.5 Å². The first-order chi connectivity index (χ1) is 40.2. The van der Waals surface area contributed by atoms with E-state index < -0.39 is 17.6 Å². The van der Waals surface area contributed by atoms with Crippen molar-refractivity contribution >= 4 is 34.3 Å². The zero-order valence-corrected chi connectivity index (χ0v) is 46.2. The van der Waals surface area contributed by atoms with Gasteiger partial charge in [-0.15, -0.1) is 0 Å². The predicted octanol–water partition coefficient (Wildman–Crippen LogP) is 11.3. The van der Waals surface area contributed by atoms with E-state index in [2.05, 4.69) is 40.9 Å². The second-order valence-corrected chi connectivity index (χ2v) is 19.9. The monoisotopic (exact) mass is 1130 g/mol. The molecule has 5 aromatic heterocycles. The van der Waals surface area contributed by atoms with Crippen LogP contribution in [0.5, 0.6) is 34.5 Å². The summed E-state index contributed by atoms with van der Waals surface area (Å²) in [5, 5.41) is 8.04. The fraction of sp³-hybridized carbons (Fsp3) is 0.279. The van der Waals surface area contributed by atoms with Gasteiger partial charge in [-0.2, -0.15) is 0 Å². The number of aromatic nitrogens is 8. The first kappa shape index (κ1) is 58.1. The number of hydrogen-bond donors (Lipinski definition) is 3. The van der Waals surface area contributed by atoms with Crippen molar-refractivity contribution in [2.45, 2.75) is 64.6 Å². The molecular weight excluding hydrogens is 1070 g/mol. The van der Waals surface area contributed by atoms with Crippen molar-refractivity contribution in [1.29, 1.82) is 0 Å². The molecule has 2 fully saturated rings. The van der Waals surface area contributed by atoms with E-state index >= 15 is 0 Å². The molecule has 0 atom stereocenters. The number of carboxylic acids is 1. The largest absolute Gasteiger partial charge is 0.489 e. The van der Waals surface area contributed by atoms with Gasteiger partial charge < -0.3 is 54.4 Å². The minimum Gasteiger partial charge on any atom is -0.489 e. The fourth-order valence-electron chi connectivity index (χ4n) is 9.36. The molecule has 0 aliphatic carbocycles. The molecule has 428 valence electrons. The highest BCUT2D eigenvalue weighted by Gasteiger charge is 2.26. The molecule has 4 aromatic carbocycles. The van der Waals surface area contributed by atoms with Gasteiger partial charge in [0.15, 0.2) is 5.82 Å². The highest BCUT2D eigenvalue weighted by Crippen LogP contribution is 2.41. The lowest BCUT2D eigenvalue weighted by Gasteiger charge is -2.21. The Bertz CT molecular complexity index is 3680. The van der Waals surface area contributed by atoms with Crippen LogP contribution in [0.3, 0.4) is 0 Å². The van der Waals surface area contributed by atoms with Gasteiger partial charge >= 0.3 is 5.97 Å². The molecule has 11 rings (SSSR count). The smallest absolute Gasteiger partial charge is 0.317 e. The number of fused-ring (bicyclic) bond motifs is 1. The maximum Gasteiger partial charge on any atom is 0.317 e. The number of halogens is 2. The molecule has 0 spiro atoms. The van der Waals surface area contributed by atoms with Crippen LogP contribution in [0.2, 0.25) is 0 Å². The van der Waals surface area contributed by atoms with Crippen molar-refractivity contribution in [3.8, 4) is 45.9 Å². The standard InChI is InChI=1S/C29H27FN6O3.C28H26FN5O3.C4H9NO2/c1-18-32-13-19(14-33-18)16-38-24-10-21(30)11-25(12-24)39-23-4-2-22(3-5-23)36-15-26(20-6-8-37-9-7-20)27-28(36)29(31)35-17-34-27;1-18-32-14-19(15-33-18)17-36-24-11-21(29)12-25(13-24)37-23-5-3-22(4-6-23)34-16-26(27(30)28(34)31-2)20-7-9-35-10-8-20;1-5(2)3-4(6)7/h2-5,10-15,17,20H,6-9,16H2,1H3,(H2,31,34,35);3-6,11-16,20H,7-10,17,30H2,1H3;3H2,1-2H3,(H,6,7). The van der Waals surface area contributed by atoms with Crippen LogP contribution in [0.15, 0.2) is 128 Å². The lowest BCUT2D eigenvalue weighted by atomic mass is 9.93. The number of aryl methyl sites for hydroxylation is 2. The van der Waals surface area contributed by atoms with Crippen LogP contribution in [0.1, 0.15) is 71.4 Å². The Kier molecular flexibility index (Phi) is 19.1. The van der Waals surface area contributed by atoms with Gasteiger partial charge in [-0.05, 0) is 114 Å². The maximum atomic E-state index is 14.3. The number of nitrogens with zero attached hydrogens (tertiary/aromatic N) is 10. The van der Waals surface area contributed by atoms with Gasteiger partial charge in [0.2, 0.25) is 0 Å². The summed E-state index contributed by atoms with van der Waals surface area (Å²) in [4.78, 5) is 40.4. The summed E-state index contributed by atoms with van der Waals surface area (Å²) in [5.74, 6) is 3.42. The van der Waals surface area contributed by atoms with Crippen LogP contribution >= 0.6 is 0 Å². The van der Waals surface area contributed by atoms with Gasteiger partial charge in [0.25, 0.3) is 5.82 Å². The normalized spacial score (nSPS) is 13.5. The van der Waals surface area contributed by atoms with E-state index in [-0.39, 0.29) is 25.7 Å². The fourth-order valence-corrected chi connectivity index (χ4v) is 9.36. The molecule has 0 radical (unpaired) electrons. The number of nitrogens with two attached hydrogens (primary N) is 2. The van der Waals surface area contributed by atoms with E-state index in [4.69, 9.17) is 51.6 Å². The van der Waals surface area contributed by atoms with Crippen molar-refractivity contribution in [3.05, 3.63) is 185 Å². The number of benzene rings is 4. The van der Waals surface area contributed by atoms with E-state index in [1.807, 2.05) is 54.1 Å². The molecule has 2 saturated heterocycles. The number of rotatable bonds is 16. The second kappa shape index (κ2) is 27.3. The number of nitrogen functional groups attached to an aromatic ring is 2. The van der Waals surface area contributed by atoms with Gasteiger partial charge in [0.1, 0.15) is 88.5 Å².